The summed E-state index contributed by atoms with van der Waals surface area (Å²) in [5.41, 5.74) is 0.607. The minimum absolute atomic E-state index is 0.0261. The highest BCUT2D eigenvalue weighted by Crippen LogP contribution is 2.16. The lowest BCUT2D eigenvalue weighted by Crippen LogP contribution is -2.18. The van der Waals surface area contributed by atoms with Gasteiger partial charge < -0.3 is 15.2 Å². The maximum absolute atomic E-state index is 11.5. The van der Waals surface area contributed by atoms with Crippen molar-refractivity contribution in [1.82, 2.24) is 0 Å². The molecule has 0 saturated heterocycles. The monoisotopic (exact) mass is 363 g/mol. The molecule has 0 bridgehead atoms. The van der Waals surface area contributed by atoms with Gasteiger partial charge in [0.25, 0.3) is 0 Å². The SMILES string of the molecule is CCCOCC(=O)Nc1cc(I)cc(C(=O)O)c1. The molecule has 0 heterocycles. The number of carboxylic acid groups (broad SMARTS) is 1. The van der Waals surface area contributed by atoms with Gasteiger partial charge in [-0.25, -0.2) is 4.79 Å². The summed E-state index contributed by atoms with van der Waals surface area (Å²) in [5.74, 6) is -1.31. The van der Waals surface area contributed by atoms with E-state index >= 15 is 0 Å². The molecule has 1 aromatic rings. The third kappa shape index (κ3) is 5.01. The fourth-order valence-corrected chi connectivity index (χ4v) is 1.96. The predicted octanol–water partition coefficient (Wildman–Crippen LogP) is 2.35. The Morgan fingerprint density at radius 1 is 1.39 bits per heavy atom. The molecular weight excluding hydrogens is 349 g/mol. The minimum atomic E-state index is -1.02. The van der Waals surface area contributed by atoms with E-state index in [1.54, 1.807) is 6.07 Å². The fourth-order valence-electron chi connectivity index (χ4n) is 1.29. The second-order valence-electron chi connectivity index (χ2n) is 3.63. The van der Waals surface area contributed by atoms with Crippen LogP contribution in [0.1, 0.15) is 23.7 Å². The summed E-state index contributed by atoms with van der Waals surface area (Å²) in [6, 6.07) is 4.65. The van der Waals surface area contributed by atoms with Gasteiger partial charge in [-0.3, -0.25) is 4.79 Å². The maximum Gasteiger partial charge on any atom is 0.335 e. The molecular formula is C12H14INO4. The smallest absolute Gasteiger partial charge is 0.335 e. The zero-order chi connectivity index (χ0) is 13.5. The van der Waals surface area contributed by atoms with Crippen molar-refractivity contribution < 1.29 is 19.4 Å². The predicted molar refractivity (Wildman–Crippen MR) is 75.9 cm³/mol. The number of anilines is 1. The Balaban J connectivity index is 2.66. The Labute approximate surface area is 119 Å². The molecule has 1 amide bonds. The van der Waals surface area contributed by atoms with Crippen LogP contribution in [0.5, 0.6) is 0 Å². The van der Waals surface area contributed by atoms with Crippen LogP contribution in [0.15, 0.2) is 18.2 Å². The van der Waals surface area contributed by atoms with Crippen LogP contribution in [0.3, 0.4) is 0 Å². The quantitative estimate of drug-likeness (QED) is 0.601. The van der Waals surface area contributed by atoms with Crippen LogP contribution < -0.4 is 5.32 Å². The molecule has 0 unspecified atom stereocenters. The molecule has 0 spiro atoms. The molecule has 1 rings (SSSR count). The number of hydrogen-bond acceptors (Lipinski definition) is 3. The van der Waals surface area contributed by atoms with Crippen molar-refractivity contribution in [2.45, 2.75) is 13.3 Å². The van der Waals surface area contributed by atoms with Crippen LogP contribution in [-0.4, -0.2) is 30.2 Å². The van der Waals surface area contributed by atoms with Gasteiger partial charge in [0.15, 0.2) is 0 Å². The average molecular weight is 363 g/mol. The highest BCUT2D eigenvalue weighted by molar-refractivity contribution is 14.1. The number of ether oxygens (including phenoxy) is 1. The summed E-state index contributed by atoms with van der Waals surface area (Å²) in [5, 5.41) is 11.5. The summed E-state index contributed by atoms with van der Waals surface area (Å²) in [6.07, 6.45) is 0.847. The Kier molecular flexibility index (Phi) is 6.06. The molecule has 0 radical (unpaired) electrons. The van der Waals surface area contributed by atoms with E-state index in [2.05, 4.69) is 5.32 Å². The zero-order valence-electron chi connectivity index (χ0n) is 9.90. The molecule has 0 saturated carbocycles. The number of halogens is 1. The van der Waals surface area contributed by atoms with Crippen molar-refractivity contribution in [3.8, 4) is 0 Å². The summed E-state index contributed by atoms with van der Waals surface area (Å²) < 4.78 is 5.84. The number of carboxylic acids is 1. The van der Waals surface area contributed by atoms with Gasteiger partial charge in [-0.05, 0) is 47.2 Å². The van der Waals surface area contributed by atoms with E-state index in [4.69, 9.17) is 9.84 Å². The number of carbonyl (C=O) groups is 2. The van der Waals surface area contributed by atoms with Crippen molar-refractivity contribution in [3.63, 3.8) is 0 Å². The highest BCUT2D eigenvalue weighted by Gasteiger charge is 2.08. The van der Waals surface area contributed by atoms with Gasteiger partial charge in [0, 0.05) is 15.9 Å². The molecule has 98 valence electrons. The highest BCUT2D eigenvalue weighted by atomic mass is 127. The second kappa shape index (κ2) is 7.32. The van der Waals surface area contributed by atoms with E-state index in [1.807, 2.05) is 29.5 Å². The number of rotatable bonds is 6. The van der Waals surface area contributed by atoms with Gasteiger partial charge in [-0.1, -0.05) is 6.92 Å². The molecule has 2 N–H and O–H groups in total. The van der Waals surface area contributed by atoms with Crippen molar-refractivity contribution in [2.75, 3.05) is 18.5 Å². The summed E-state index contributed by atoms with van der Waals surface area (Å²) >= 11 is 2.00. The second-order valence-corrected chi connectivity index (χ2v) is 4.88. The van der Waals surface area contributed by atoms with Crippen molar-refractivity contribution in [2.24, 2.45) is 0 Å². The number of benzene rings is 1. The topological polar surface area (TPSA) is 75.6 Å². The zero-order valence-corrected chi connectivity index (χ0v) is 12.1. The molecule has 0 aliphatic rings. The molecule has 0 aliphatic heterocycles. The lowest BCUT2D eigenvalue weighted by Gasteiger charge is -2.07. The Hall–Kier alpha value is -1.15. The molecule has 5 nitrogen and oxygen atoms in total. The first kappa shape index (κ1) is 14.9. The Morgan fingerprint density at radius 2 is 2.11 bits per heavy atom. The van der Waals surface area contributed by atoms with Crippen LogP contribution in [0, 0.1) is 3.57 Å². The fraction of sp³-hybridized carbons (Fsp3) is 0.333. The molecule has 0 fully saturated rings. The first-order valence-corrected chi connectivity index (χ1v) is 6.52. The lowest BCUT2D eigenvalue weighted by atomic mass is 10.2. The van der Waals surface area contributed by atoms with E-state index in [0.717, 1.165) is 9.99 Å². The summed E-state index contributed by atoms with van der Waals surface area (Å²) in [4.78, 5) is 22.4. The van der Waals surface area contributed by atoms with Crippen LogP contribution >= 0.6 is 22.6 Å². The van der Waals surface area contributed by atoms with Gasteiger partial charge in [0.1, 0.15) is 6.61 Å². The summed E-state index contributed by atoms with van der Waals surface area (Å²) in [7, 11) is 0. The lowest BCUT2D eigenvalue weighted by molar-refractivity contribution is -0.120. The van der Waals surface area contributed by atoms with E-state index in [9.17, 15) is 9.59 Å². The first-order chi connectivity index (χ1) is 8.52. The van der Waals surface area contributed by atoms with Crippen LogP contribution in [0.2, 0.25) is 0 Å². The Bertz CT molecular complexity index is 448. The maximum atomic E-state index is 11.5. The van der Waals surface area contributed by atoms with Crippen molar-refractivity contribution in [3.05, 3.63) is 27.3 Å². The van der Waals surface area contributed by atoms with Gasteiger partial charge in [-0.2, -0.15) is 0 Å². The average Bonchev–Trinajstić information content (AvgIpc) is 2.28. The minimum Gasteiger partial charge on any atom is -0.478 e. The van der Waals surface area contributed by atoms with Crippen molar-refractivity contribution in [1.29, 1.82) is 0 Å². The van der Waals surface area contributed by atoms with Crippen molar-refractivity contribution >= 4 is 40.2 Å². The Morgan fingerprint density at radius 3 is 2.72 bits per heavy atom. The van der Waals surface area contributed by atoms with Crippen LogP contribution in [0.4, 0.5) is 5.69 Å². The molecule has 0 aliphatic carbocycles. The van der Waals surface area contributed by atoms with Gasteiger partial charge in [-0.15, -0.1) is 0 Å². The van der Waals surface area contributed by atoms with Gasteiger partial charge in [0.05, 0.1) is 5.56 Å². The van der Waals surface area contributed by atoms with E-state index < -0.39 is 5.97 Å². The van der Waals surface area contributed by atoms with E-state index in [1.165, 1.54) is 12.1 Å². The first-order valence-electron chi connectivity index (χ1n) is 5.44. The molecule has 0 aromatic heterocycles. The summed E-state index contributed by atoms with van der Waals surface area (Å²) in [6.45, 7) is 2.46. The number of carbonyl (C=O) groups excluding carboxylic acids is 1. The van der Waals surface area contributed by atoms with Gasteiger partial charge >= 0.3 is 5.97 Å². The number of amides is 1. The van der Waals surface area contributed by atoms with Crippen LogP contribution in [-0.2, 0) is 9.53 Å². The number of hydrogen-bond donors (Lipinski definition) is 2. The molecule has 6 heteroatoms. The molecule has 0 atom stereocenters. The third-order valence-electron chi connectivity index (χ3n) is 2.01. The van der Waals surface area contributed by atoms with E-state index in [0.29, 0.717) is 12.3 Å². The molecule has 1 aromatic carbocycles. The standard InChI is InChI=1S/C12H14INO4/c1-2-3-18-7-11(15)14-10-5-8(12(16)17)4-9(13)6-10/h4-6H,2-3,7H2,1H3,(H,14,15)(H,16,17). The number of nitrogens with one attached hydrogen (secondary N) is 1. The van der Waals surface area contributed by atoms with Crippen LogP contribution in [0.25, 0.3) is 0 Å². The van der Waals surface area contributed by atoms with Gasteiger partial charge in [0.2, 0.25) is 5.91 Å². The largest absolute Gasteiger partial charge is 0.478 e. The molecule has 18 heavy (non-hydrogen) atoms. The third-order valence-corrected chi connectivity index (χ3v) is 2.63. The number of aromatic carboxylic acids is 1. The van der Waals surface area contributed by atoms with E-state index in [-0.39, 0.29) is 18.1 Å². The normalized spacial score (nSPS) is 10.1.